The Balaban J connectivity index is 1.93. The number of aromatic nitrogens is 1. The summed E-state index contributed by atoms with van der Waals surface area (Å²) in [5.41, 5.74) is 7.59. The average molecular weight is 258 g/mol. The molecule has 2 rings (SSSR count). The van der Waals surface area contributed by atoms with Crippen molar-refractivity contribution in [3.8, 4) is 11.5 Å². The number of hydrogen-bond donors (Lipinski definition) is 2. The Morgan fingerprint density at radius 1 is 1.32 bits per heavy atom. The summed E-state index contributed by atoms with van der Waals surface area (Å²) in [6.07, 6.45) is 2.45. The van der Waals surface area contributed by atoms with Crippen LogP contribution in [0.3, 0.4) is 0 Å². The zero-order valence-corrected chi connectivity index (χ0v) is 10.9. The number of aromatic hydroxyl groups is 1. The van der Waals surface area contributed by atoms with Crippen LogP contribution >= 0.6 is 0 Å². The first-order chi connectivity index (χ1) is 9.13. The zero-order chi connectivity index (χ0) is 13.7. The first kappa shape index (κ1) is 13.4. The molecule has 100 valence electrons. The summed E-state index contributed by atoms with van der Waals surface area (Å²) in [7, 11) is 0. The van der Waals surface area contributed by atoms with Gasteiger partial charge in [0.25, 0.3) is 0 Å². The molecule has 1 aromatic heterocycles. The van der Waals surface area contributed by atoms with Crippen molar-refractivity contribution in [2.45, 2.75) is 26.0 Å². The lowest BCUT2D eigenvalue weighted by Gasteiger charge is -2.08. The molecule has 0 amide bonds. The summed E-state index contributed by atoms with van der Waals surface area (Å²) in [5.74, 6) is 0.947. The molecule has 0 saturated heterocycles. The van der Waals surface area contributed by atoms with Gasteiger partial charge in [-0.2, -0.15) is 0 Å². The zero-order valence-electron chi connectivity index (χ0n) is 10.9. The topological polar surface area (TPSA) is 68.4 Å². The van der Waals surface area contributed by atoms with E-state index < -0.39 is 0 Å². The molecule has 0 aliphatic rings. The molecule has 4 heteroatoms. The van der Waals surface area contributed by atoms with Gasteiger partial charge in [0.05, 0.1) is 6.20 Å². The van der Waals surface area contributed by atoms with Crippen molar-refractivity contribution in [3.63, 3.8) is 0 Å². The highest BCUT2D eigenvalue weighted by Crippen LogP contribution is 2.15. The second kappa shape index (κ2) is 6.20. The second-order valence-corrected chi connectivity index (χ2v) is 4.63. The van der Waals surface area contributed by atoms with Crippen molar-refractivity contribution in [1.82, 2.24) is 4.98 Å². The van der Waals surface area contributed by atoms with E-state index in [0.29, 0.717) is 12.4 Å². The Morgan fingerprint density at radius 2 is 2.16 bits per heavy atom. The number of nitrogens with two attached hydrogens (primary N) is 1. The molecule has 0 aliphatic heterocycles. The van der Waals surface area contributed by atoms with Gasteiger partial charge in [-0.05, 0) is 36.8 Å². The lowest BCUT2D eigenvalue weighted by Crippen LogP contribution is -2.18. The first-order valence-electron chi connectivity index (χ1n) is 6.24. The number of ether oxygens (including phenoxy) is 1. The van der Waals surface area contributed by atoms with Gasteiger partial charge in [-0.3, -0.25) is 4.98 Å². The Hall–Kier alpha value is -2.07. The van der Waals surface area contributed by atoms with Gasteiger partial charge in [0.15, 0.2) is 0 Å². The van der Waals surface area contributed by atoms with Gasteiger partial charge >= 0.3 is 0 Å². The maximum Gasteiger partial charge on any atom is 0.138 e. The average Bonchev–Trinajstić information content (AvgIpc) is 2.37. The van der Waals surface area contributed by atoms with Gasteiger partial charge in [0.1, 0.15) is 18.1 Å². The largest absolute Gasteiger partial charge is 0.508 e. The maximum atomic E-state index is 9.35. The molecule has 1 aromatic carbocycles. The highest BCUT2D eigenvalue weighted by Gasteiger charge is 2.01. The van der Waals surface area contributed by atoms with E-state index in [-0.39, 0.29) is 11.8 Å². The predicted octanol–water partition coefficient (Wildman–Crippen LogP) is 2.26. The van der Waals surface area contributed by atoms with Crippen LogP contribution in [0, 0.1) is 0 Å². The number of benzene rings is 1. The number of phenolic OH excluding ortho intramolecular Hbond substituents is 1. The van der Waals surface area contributed by atoms with Gasteiger partial charge in [-0.15, -0.1) is 0 Å². The predicted molar refractivity (Wildman–Crippen MR) is 74.0 cm³/mol. The van der Waals surface area contributed by atoms with Gasteiger partial charge in [-0.25, -0.2) is 0 Å². The second-order valence-electron chi connectivity index (χ2n) is 4.63. The molecule has 2 aromatic rings. The van der Waals surface area contributed by atoms with E-state index in [2.05, 4.69) is 4.98 Å². The molecule has 0 bridgehead atoms. The fourth-order valence-electron chi connectivity index (χ4n) is 1.76. The van der Waals surface area contributed by atoms with Crippen LogP contribution in [0.15, 0.2) is 42.6 Å². The fraction of sp³-hybridized carbons (Fsp3) is 0.267. The smallest absolute Gasteiger partial charge is 0.138 e. The highest BCUT2D eigenvalue weighted by molar-refractivity contribution is 5.27. The minimum absolute atomic E-state index is 0.103. The van der Waals surface area contributed by atoms with Crippen LogP contribution in [0.2, 0.25) is 0 Å². The van der Waals surface area contributed by atoms with E-state index in [4.69, 9.17) is 10.5 Å². The summed E-state index contributed by atoms with van der Waals surface area (Å²) in [4.78, 5) is 4.29. The quantitative estimate of drug-likeness (QED) is 0.863. The third kappa shape index (κ3) is 4.26. The molecule has 0 saturated carbocycles. The molecular formula is C15H18N2O2. The maximum absolute atomic E-state index is 9.35. The lowest BCUT2D eigenvalue weighted by molar-refractivity contribution is 0.304. The molecule has 4 nitrogen and oxygen atoms in total. The number of nitrogens with zero attached hydrogens (tertiary/aromatic N) is 1. The SMILES string of the molecule is CC(N)Cc1ccc(OCc2cccc(O)c2)cn1. The Labute approximate surface area is 112 Å². The summed E-state index contributed by atoms with van der Waals surface area (Å²) in [5, 5.41) is 9.35. The molecule has 0 radical (unpaired) electrons. The third-order valence-corrected chi connectivity index (χ3v) is 2.64. The molecule has 0 spiro atoms. The van der Waals surface area contributed by atoms with Crippen molar-refractivity contribution < 1.29 is 9.84 Å². The van der Waals surface area contributed by atoms with Crippen LogP contribution in [0.25, 0.3) is 0 Å². The van der Waals surface area contributed by atoms with Gasteiger partial charge in [0.2, 0.25) is 0 Å². The van der Waals surface area contributed by atoms with Crippen LogP contribution in [-0.2, 0) is 13.0 Å². The van der Waals surface area contributed by atoms with E-state index >= 15 is 0 Å². The lowest BCUT2D eigenvalue weighted by atomic mass is 10.2. The third-order valence-electron chi connectivity index (χ3n) is 2.64. The van der Waals surface area contributed by atoms with Crippen LogP contribution in [0.5, 0.6) is 11.5 Å². The number of pyridine rings is 1. The molecule has 0 aliphatic carbocycles. The van der Waals surface area contributed by atoms with Crippen molar-refractivity contribution in [1.29, 1.82) is 0 Å². The summed E-state index contributed by atoms with van der Waals surface area (Å²) in [6, 6.07) is 10.9. The van der Waals surface area contributed by atoms with Crippen molar-refractivity contribution >= 4 is 0 Å². The Morgan fingerprint density at radius 3 is 2.79 bits per heavy atom. The van der Waals surface area contributed by atoms with Gasteiger partial charge < -0.3 is 15.6 Å². The van der Waals surface area contributed by atoms with Crippen LogP contribution in [-0.4, -0.2) is 16.1 Å². The van der Waals surface area contributed by atoms with Crippen molar-refractivity contribution in [2.24, 2.45) is 5.73 Å². The van der Waals surface area contributed by atoms with E-state index in [9.17, 15) is 5.11 Å². The summed E-state index contributed by atoms with van der Waals surface area (Å²) in [6.45, 7) is 2.36. The molecular weight excluding hydrogens is 240 g/mol. The molecule has 19 heavy (non-hydrogen) atoms. The molecule has 1 atom stereocenters. The van der Waals surface area contributed by atoms with Crippen molar-refractivity contribution in [2.75, 3.05) is 0 Å². The Bertz CT molecular complexity index is 524. The van der Waals surface area contributed by atoms with E-state index in [1.165, 1.54) is 0 Å². The van der Waals surface area contributed by atoms with Gasteiger partial charge in [0, 0.05) is 18.2 Å². The number of phenols is 1. The highest BCUT2D eigenvalue weighted by atomic mass is 16.5. The minimum atomic E-state index is 0.103. The first-order valence-corrected chi connectivity index (χ1v) is 6.24. The molecule has 0 fully saturated rings. The number of rotatable bonds is 5. The van der Waals surface area contributed by atoms with Crippen molar-refractivity contribution in [3.05, 3.63) is 53.9 Å². The molecule has 3 N–H and O–H groups in total. The van der Waals surface area contributed by atoms with E-state index in [1.54, 1.807) is 24.4 Å². The number of hydrogen-bond acceptors (Lipinski definition) is 4. The standard InChI is InChI=1S/C15H18N2O2/c1-11(16)7-13-5-6-15(9-17-13)19-10-12-3-2-4-14(18)8-12/h2-6,8-9,11,18H,7,10,16H2,1H3. The molecule has 1 unspecified atom stereocenters. The van der Waals surface area contributed by atoms with Gasteiger partial charge in [-0.1, -0.05) is 12.1 Å². The summed E-state index contributed by atoms with van der Waals surface area (Å²) < 4.78 is 5.60. The summed E-state index contributed by atoms with van der Waals surface area (Å²) >= 11 is 0. The Kier molecular flexibility index (Phi) is 4.36. The van der Waals surface area contributed by atoms with Crippen LogP contribution in [0.1, 0.15) is 18.2 Å². The fourth-order valence-corrected chi connectivity index (χ4v) is 1.76. The van der Waals surface area contributed by atoms with Crippen LogP contribution in [0.4, 0.5) is 0 Å². The monoisotopic (exact) mass is 258 g/mol. The van der Waals surface area contributed by atoms with E-state index in [0.717, 1.165) is 17.7 Å². The minimum Gasteiger partial charge on any atom is -0.508 e. The molecule has 1 heterocycles. The van der Waals surface area contributed by atoms with Crippen LogP contribution < -0.4 is 10.5 Å². The normalized spacial score (nSPS) is 12.1. The van der Waals surface area contributed by atoms with E-state index in [1.807, 2.05) is 25.1 Å².